The first-order valence-electron chi connectivity index (χ1n) is 5.77. The van der Waals surface area contributed by atoms with E-state index in [1.54, 1.807) is 13.8 Å². The van der Waals surface area contributed by atoms with Crippen molar-refractivity contribution < 1.29 is 23.5 Å². The molecule has 0 saturated carbocycles. The van der Waals surface area contributed by atoms with Crippen molar-refractivity contribution in [2.75, 3.05) is 5.32 Å². The van der Waals surface area contributed by atoms with Crippen LogP contribution in [-0.2, 0) is 9.59 Å². The van der Waals surface area contributed by atoms with Crippen LogP contribution >= 0.6 is 15.9 Å². The van der Waals surface area contributed by atoms with E-state index in [2.05, 4.69) is 21.2 Å². The summed E-state index contributed by atoms with van der Waals surface area (Å²) in [5.74, 6) is -3.22. The number of carbonyl (C=O) groups excluding carboxylic acids is 1. The number of anilines is 1. The van der Waals surface area contributed by atoms with Crippen molar-refractivity contribution in [1.29, 1.82) is 0 Å². The van der Waals surface area contributed by atoms with Gasteiger partial charge in [0.15, 0.2) is 5.82 Å². The molecule has 1 amide bonds. The number of nitrogens with one attached hydrogen (secondary N) is 1. The SMILES string of the molecule is CC(C)(CC(=O)O)CC(=O)Nc1c(F)cc(F)cc1Br. The number of amides is 1. The molecule has 1 aromatic rings. The summed E-state index contributed by atoms with van der Waals surface area (Å²) >= 11 is 2.96. The van der Waals surface area contributed by atoms with Gasteiger partial charge in [-0.1, -0.05) is 13.8 Å². The lowest BCUT2D eigenvalue weighted by Gasteiger charge is -2.21. The topological polar surface area (TPSA) is 66.4 Å². The van der Waals surface area contributed by atoms with Gasteiger partial charge in [0.1, 0.15) is 5.82 Å². The predicted octanol–water partition coefficient (Wildman–Crippen LogP) is 3.56. The van der Waals surface area contributed by atoms with E-state index in [9.17, 15) is 18.4 Å². The van der Waals surface area contributed by atoms with Crippen LogP contribution in [0.4, 0.5) is 14.5 Å². The van der Waals surface area contributed by atoms with E-state index in [0.29, 0.717) is 6.07 Å². The molecule has 4 nitrogen and oxygen atoms in total. The van der Waals surface area contributed by atoms with E-state index in [1.165, 1.54) is 0 Å². The molecule has 1 aromatic carbocycles. The van der Waals surface area contributed by atoms with Gasteiger partial charge in [-0.05, 0) is 27.4 Å². The molecule has 0 aromatic heterocycles. The number of aliphatic carboxylic acids is 1. The molecule has 20 heavy (non-hydrogen) atoms. The zero-order valence-corrected chi connectivity index (χ0v) is 12.6. The van der Waals surface area contributed by atoms with E-state index in [4.69, 9.17) is 5.11 Å². The number of hydrogen-bond acceptors (Lipinski definition) is 2. The van der Waals surface area contributed by atoms with Gasteiger partial charge in [0, 0.05) is 17.0 Å². The number of benzene rings is 1. The number of carboxylic acid groups (broad SMARTS) is 1. The highest BCUT2D eigenvalue weighted by atomic mass is 79.9. The van der Waals surface area contributed by atoms with Crippen LogP contribution < -0.4 is 5.32 Å². The lowest BCUT2D eigenvalue weighted by Crippen LogP contribution is -2.25. The maximum absolute atomic E-state index is 13.5. The minimum atomic E-state index is -1.02. The Morgan fingerprint density at radius 1 is 1.30 bits per heavy atom. The van der Waals surface area contributed by atoms with Crippen molar-refractivity contribution in [3.05, 3.63) is 28.2 Å². The minimum Gasteiger partial charge on any atom is -0.481 e. The van der Waals surface area contributed by atoms with Gasteiger partial charge < -0.3 is 10.4 Å². The monoisotopic (exact) mass is 349 g/mol. The molecule has 0 heterocycles. The Kier molecular flexibility index (Phi) is 5.21. The Bertz CT molecular complexity index is 523. The predicted molar refractivity (Wildman–Crippen MR) is 73.3 cm³/mol. The molecule has 7 heteroatoms. The summed E-state index contributed by atoms with van der Waals surface area (Å²) in [6.07, 6.45) is -0.282. The van der Waals surface area contributed by atoms with Gasteiger partial charge in [0.05, 0.1) is 12.1 Å². The molecule has 2 N–H and O–H groups in total. The molecule has 0 bridgehead atoms. The maximum atomic E-state index is 13.5. The van der Waals surface area contributed by atoms with E-state index in [1.807, 2.05) is 0 Å². The first kappa shape index (κ1) is 16.6. The van der Waals surface area contributed by atoms with Gasteiger partial charge in [-0.15, -0.1) is 0 Å². The van der Waals surface area contributed by atoms with E-state index in [0.717, 1.165) is 6.07 Å². The Balaban J connectivity index is 2.79. The second-order valence-corrected chi connectivity index (χ2v) is 6.06. The summed E-state index contributed by atoms with van der Waals surface area (Å²) in [5.41, 5.74) is -0.929. The van der Waals surface area contributed by atoms with Crippen LogP contribution in [0.3, 0.4) is 0 Å². The van der Waals surface area contributed by atoms with Crippen molar-refractivity contribution in [2.45, 2.75) is 26.7 Å². The molecule has 0 saturated heterocycles. The smallest absolute Gasteiger partial charge is 0.303 e. The van der Waals surface area contributed by atoms with Crippen molar-refractivity contribution in [3.63, 3.8) is 0 Å². The average Bonchev–Trinajstić information content (AvgIpc) is 2.20. The van der Waals surface area contributed by atoms with Crippen LogP contribution in [0.2, 0.25) is 0 Å². The lowest BCUT2D eigenvalue weighted by molar-refractivity contribution is -0.139. The van der Waals surface area contributed by atoms with Crippen molar-refractivity contribution in [3.8, 4) is 0 Å². The Morgan fingerprint density at radius 3 is 2.40 bits per heavy atom. The first-order chi connectivity index (χ1) is 9.10. The van der Waals surface area contributed by atoms with Crippen LogP contribution in [0.15, 0.2) is 16.6 Å². The summed E-state index contributed by atoms with van der Waals surface area (Å²) in [4.78, 5) is 22.5. The fraction of sp³-hybridized carbons (Fsp3) is 0.385. The minimum absolute atomic E-state index is 0.0828. The highest BCUT2D eigenvalue weighted by molar-refractivity contribution is 9.10. The Morgan fingerprint density at radius 2 is 1.90 bits per heavy atom. The van der Waals surface area contributed by atoms with E-state index in [-0.39, 0.29) is 23.0 Å². The van der Waals surface area contributed by atoms with Crippen LogP contribution in [0.5, 0.6) is 0 Å². The number of hydrogen-bond donors (Lipinski definition) is 2. The third kappa shape index (κ3) is 4.88. The number of carboxylic acids is 1. The molecular formula is C13H14BrF2NO3. The number of carbonyl (C=O) groups is 2. The molecular weight excluding hydrogens is 336 g/mol. The van der Waals surface area contributed by atoms with Crippen LogP contribution in [0, 0.1) is 17.0 Å². The van der Waals surface area contributed by atoms with Crippen LogP contribution in [0.1, 0.15) is 26.7 Å². The Labute approximate surface area is 123 Å². The van der Waals surface area contributed by atoms with Gasteiger partial charge in [-0.3, -0.25) is 9.59 Å². The maximum Gasteiger partial charge on any atom is 0.303 e. The van der Waals surface area contributed by atoms with Gasteiger partial charge in [-0.2, -0.15) is 0 Å². The molecule has 110 valence electrons. The second kappa shape index (κ2) is 6.30. The van der Waals surface area contributed by atoms with E-state index >= 15 is 0 Å². The van der Waals surface area contributed by atoms with Crippen molar-refractivity contribution in [2.24, 2.45) is 5.41 Å². The molecule has 0 aliphatic rings. The van der Waals surface area contributed by atoms with Gasteiger partial charge in [-0.25, -0.2) is 8.78 Å². The standard InChI is InChI=1S/C13H14BrF2NO3/c1-13(2,6-11(19)20)5-10(18)17-12-8(14)3-7(15)4-9(12)16/h3-4H,5-6H2,1-2H3,(H,17,18)(H,19,20). The largest absolute Gasteiger partial charge is 0.481 e. The summed E-state index contributed by atoms with van der Waals surface area (Å²) < 4.78 is 26.5. The summed E-state index contributed by atoms with van der Waals surface area (Å²) in [5, 5.41) is 11.0. The zero-order valence-electron chi connectivity index (χ0n) is 11.0. The van der Waals surface area contributed by atoms with Crippen molar-refractivity contribution >= 4 is 33.5 Å². The van der Waals surface area contributed by atoms with E-state index < -0.39 is 28.9 Å². The van der Waals surface area contributed by atoms with Gasteiger partial charge in [0.25, 0.3) is 0 Å². The molecule has 0 radical (unpaired) electrons. The highest BCUT2D eigenvalue weighted by Crippen LogP contribution is 2.29. The molecule has 0 fully saturated rings. The Hall–Kier alpha value is -1.50. The van der Waals surface area contributed by atoms with Gasteiger partial charge >= 0.3 is 5.97 Å². The van der Waals surface area contributed by atoms with Gasteiger partial charge in [0.2, 0.25) is 5.91 Å². The molecule has 1 rings (SSSR count). The third-order valence-corrected chi connectivity index (χ3v) is 3.17. The first-order valence-corrected chi connectivity index (χ1v) is 6.56. The summed E-state index contributed by atoms with van der Waals surface area (Å²) in [7, 11) is 0. The third-order valence-electron chi connectivity index (χ3n) is 2.54. The number of rotatable bonds is 5. The fourth-order valence-corrected chi connectivity index (χ4v) is 2.26. The summed E-state index contributed by atoms with van der Waals surface area (Å²) in [6, 6.07) is 1.68. The molecule has 0 spiro atoms. The van der Waals surface area contributed by atoms with Crippen LogP contribution in [0.25, 0.3) is 0 Å². The zero-order chi connectivity index (χ0) is 15.5. The summed E-state index contributed by atoms with van der Waals surface area (Å²) in [6.45, 7) is 3.24. The molecule has 0 atom stereocenters. The molecule has 0 unspecified atom stereocenters. The van der Waals surface area contributed by atoms with Crippen LogP contribution in [-0.4, -0.2) is 17.0 Å². The number of halogens is 3. The highest BCUT2D eigenvalue weighted by Gasteiger charge is 2.26. The van der Waals surface area contributed by atoms with Crippen molar-refractivity contribution in [1.82, 2.24) is 0 Å². The fourth-order valence-electron chi connectivity index (χ4n) is 1.75. The second-order valence-electron chi connectivity index (χ2n) is 5.20. The average molecular weight is 350 g/mol. The quantitative estimate of drug-likeness (QED) is 0.853. The lowest BCUT2D eigenvalue weighted by atomic mass is 9.85. The molecule has 0 aliphatic heterocycles. The normalized spacial score (nSPS) is 11.2. The molecule has 0 aliphatic carbocycles.